The molecule has 19 heavy (non-hydrogen) atoms. The number of nitrogens with one attached hydrogen (secondary N) is 2. The van der Waals surface area contributed by atoms with E-state index in [1.807, 2.05) is 0 Å². The number of hydrogen-bond donors (Lipinski definition) is 2. The Hall–Kier alpha value is -1.71. The van der Waals surface area contributed by atoms with Crippen LogP contribution in [-0.4, -0.2) is 32.2 Å². The monoisotopic (exact) mass is 261 g/mol. The Bertz CT molecular complexity index is 455. The van der Waals surface area contributed by atoms with Crippen molar-refractivity contribution < 1.29 is 4.74 Å². The SMILES string of the molecule is CN=C(NCCc1ccc2c(c1)CCO2)NC(C)C. The second kappa shape index (κ2) is 6.45. The highest BCUT2D eigenvalue weighted by Crippen LogP contribution is 2.25. The second-order valence-electron chi connectivity index (χ2n) is 5.09. The maximum atomic E-state index is 5.51. The predicted molar refractivity (Wildman–Crippen MR) is 79.0 cm³/mol. The third-order valence-corrected chi connectivity index (χ3v) is 3.11. The van der Waals surface area contributed by atoms with E-state index < -0.39 is 0 Å². The van der Waals surface area contributed by atoms with Gasteiger partial charge in [0.15, 0.2) is 5.96 Å². The van der Waals surface area contributed by atoms with Gasteiger partial charge in [-0.2, -0.15) is 0 Å². The summed E-state index contributed by atoms with van der Waals surface area (Å²) in [6, 6.07) is 6.87. The fraction of sp³-hybridized carbons (Fsp3) is 0.533. The van der Waals surface area contributed by atoms with E-state index in [4.69, 9.17) is 4.74 Å². The van der Waals surface area contributed by atoms with Crippen LogP contribution in [0.2, 0.25) is 0 Å². The number of fused-ring (bicyclic) bond motifs is 1. The largest absolute Gasteiger partial charge is 0.493 e. The molecule has 1 aromatic carbocycles. The molecule has 0 amide bonds. The average molecular weight is 261 g/mol. The molecule has 0 saturated carbocycles. The minimum Gasteiger partial charge on any atom is -0.493 e. The highest BCUT2D eigenvalue weighted by Gasteiger charge is 2.11. The number of hydrogen-bond acceptors (Lipinski definition) is 2. The van der Waals surface area contributed by atoms with Gasteiger partial charge in [-0.1, -0.05) is 12.1 Å². The summed E-state index contributed by atoms with van der Waals surface area (Å²) in [5.41, 5.74) is 2.68. The summed E-state index contributed by atoms with van der Waals surface area (Å²) in [4.78, 5) is 4.19. The predicted octanol–water partition coefficient (Wildman–Crippen LogP) is 1.74. The van der Waals surface area contributed by atoms with Crippen LogP contribution in [0, 0.1) is 0 Å². The van der Waals surface area contributed by atoms with Crippen LogP contribution in [0.1, 0.15) is 25.0 Å². The molecular formula is C15H23N3O. The molecule has 0 bridgehead atoms. The van der Waals surface area contributed by atoms with Crippen molar-refractivity contribution in [1.29, 1.82) is 0 Å². The van der Waals surface area contributed by atoms with Crippen molar-refractivity contribution in [3.63, 3.8) is 0 Å². The van der Waals surface area contributed by atoms with Gasteiger partial charge in [0.1, 0.15) is 5.75 Å². The summed E-state index contributed by atoms with van der Waals surface area (Å²) in [7, 11) is 1.80. The molecule has 0 unspecified atom stereocenters. The van der Waals surface area contributed by atoms with Crippen molar-refractivity contribution in [1.82, 2.24) is 10.6 Å². The van der Waals surface area contributed by atoms with Crippen molar-refractivity contribution in [3.8, 4) is 5.75 Å². The normalized spacial score (nSPS) is 14.2. The van der Waals surface area contributed by atoms with E-state index in [2.05, 4.69) is 47.7 Å². The molecule has 0 atom stereocenters. The van der Waals surface area contributed by atoms with Gasteiger partial charge < -0.3 is 15.4 Å². The van der Waals surface area contributed by atoms with Crippen LogP contribution in [0.3, 0.4) is 0 Å². The van der Waals surface area contributed by atoms with Crippen molar-refractivity contribution >= 4 is 5.96 Å². The Kier molecular flexibility index (Phi) is 4.66. The lowest BCUT2D eigenvalue weighted by Crippen LogP contribution is -2.41. The van der Waals surface area contributed by atoms with Crippen LogP contribution in [0.4, 0.5) is 0 Å². The zero-order valence-corrected chi connectivity index (χ0v) is 12.0. The van der Waals surface area contributed by atoms with E-state index in [1.165, 1.54) is 11.1 Å². The fourth-order valence-corrected chi connectivity index (χ4v) is 2.19. The molecule has 2 N–H and O–H groups in total. The van der Waals surface area contributed by atoms with Crippen LogP contribution in [-0.2, 0) is 12.8 Å². The zero-order valence-electron chi connectivity index (χ0n) is 12.0. The molecule has 0 fully saturated rings. The number of ether oxygens (including phenoxy) is 1. The van der Waals surface area contributed by atoms with Gasteiger partial charge in [0.25, 0.3) is 0 Å². The first kappa shape index (κ1) is 13.7. The van der Waals surface area contributed by atoms with Crippen LogP contribution in [0.5, 0.6) is 5.75 Å². The average Bonchev–Trinajstić information content (AvgIpc) is 2.84. The lowest BCUT2D eigenvalue weighted by Gasteiger charge is -2.14. The number of rotatable bonds is 4. The smallest absolute Gasteiger partial charge is 0.191 e. The van der Waals surface area contributed by atoms with Crippen LogP contribution >= 0.6 is 0 Å². The molecule has 4 heteroatoms. The maximum absolute atomic E-state index is 5.51. The fourth-order valence-electron chi connectivity index (χ4n) is 2.19. The van der Waals surface area contributed by atoms with E-state index in [0.29, 0.717) is 6.04 Å². The van der Waals surface area contributed by atoms with Crippen LogP contribution in [0.25, 0.3) is 0 Å². The third kappa shape index (κ3) is 3.88. The molecule has 0 aromatic heterocycles. The Morgan fingerprint density at radius 2 is 2.26 bits per heavy atom. The first-order valence-corrected chi connectivity index (χ1v) is 6.91. The lowest BCUT2D eigenvalue weighted by molar-refractivity contribution is 0.357. The van der Waals surface area contributed by atoms with Crippen LogP contribution < -0.4 is 15.4 Å². The molecule has 104 valence electrons. The molecule has 1 aliphatic heterocycles. The minimum absolute atomic E-state index is 0.392. The molecule has 1 heterocycles. The summed E-state index contributed by atoms with van der Waals surface area (Å²) in [6.45, 7) is 5.91. The molecule has 1 aliphatic rings. The zero-order chi connectivity index (χ0) is 13.7. The van der Waals surface area contributed by atoms with Gasteiger partial charge in [0.05, 0.1) is 6.61 Å². The van der Waals surface area contributed by atoms with E-state index in [-0.39, 0.29) is 0 Å². The van der Waals surface area contributed by atoms with E-state index >= 15 is 0 Å². The summed E-state index contributed by atoms with van der Waals surface area (Å²) < 4.78 is 5.51. The molecule has 2 rings (SSSR count). The molecular weight excluding hydrogens is 238 g/mol. The van der Waals surface area contributed by atoms with Gasteiger partial charge >= 0.3 is 0 Å². The lowest BCUT2D eigenvalue weighted by atomic mass is 10.1. The maximum Gasteiger partial charge on any atom is 0.191 e. The van der Waals surface area contributed by atoms with Gasteiger partial charge in [-0.05, 0) is 37.5 Å². The summed E-state index contributed by atoms with van der Waals surface area (Å²) in [5, 5.41) is 6.60. The van der Waals surface area contributed by atoms with Crippen molar-refractivity contribution in [2.24, 2.45) is 4.99 Å². The Balaban J connectivity index is 1.82. The van der Waals surface area contributed by atoms with Gasteiger partial charge in [-0.25, -0.2) is 0 Å². The molecule has 0 spiro atoms. The Morgan fingerprint density at radius 1 is 1.42 bits per heavy atom. The number of aliphatic imine (C=N–C) groups is 1. The van der Waals surface area contributed by atoms with Gasteiger partial charge in [0, 0.05) is 26.1 Å². The van der Waals surface area contributed by atoms with E-state index in [1.54, 1.807) is 7.05 Å². The molecule has 0 radical (unpaired) electrons. The quantitative estimate of drug-likeness (QED) is 0.641. The van der Waals surface area contributed by atoms with E-state index in [9.17, 15) is 0 Å². The highest BCUT2D eigenvalue weighted by atomic mass is 16.5. The molecule has 1 aromatic rings. The third-order valence-electron chi connectivity index (χ3n) is 3.11. The van der Waals surface area contributed by atoms with Crippen molar-refractivity contribution in [2.75, 3.05) is 20.2 Å². The van der Waals surface area contributed by atoms with Crippen molar-refractivity contribution in [2.45, 2.75) is 32.7 Å². The Morgan fingerprint density at radius 3 is 3.00 bits per heavy atom. The van der Waals surface area contributed by atoms with Gasteiger partial charge in [0.2, 0.25) is 0 Å². The van der Waals surface area contributed by atoms with Gasteiger partial charge in [-0.15, -0.1) is 0 Å². The minimum atomic E-state index is 0.392. The standard InChI is InChI=1S/C15H23N3O/c1-11(2)18-15(16-3)17-8-6-12-4-5-14-13(10-12)7-9-19-14/h4-5,10-11H,6-9H2,1-3H3,(H2,16,17,18). The van der Waals surface area contributed by atoms with Crippen LogP contribution in [0.15, 0.2) is 23.2 Å². The summed E-state index contributed by atoms with van der Waals surface area (Å²) >= 11 is 0. The summed E-state index contributed by atoms with van der Waals surface area (Å²) in [6.07, 6.45) is 2.03. The number of guanidine groups is 1. The van der Waals surface area contributed by atoms with Crippen molar-refractivity contribution in [3.05, 3.63) is 29.3 Å². The topological polar surface area (TPSA) is 45.7 Å². The van der Waals surface area contributed by atoms with Gasteiger partial charge in [-0.3, -0.25) is 4.99 Å². The Labute approximate surface area is 115 Å². The molecule has 0 saturated heterocycles. The first-order valence-electron chi connectivity index (χ1n) is 6.91. The summed E-state index contributed by atoms with van der Waals surface area (Å²) in [5.74, 6) is 1.91. The number of benzene rings is 1. The number of nitrogens with zero attached hydrogens (tertiary/aromatic N) is 1. The molecule has 4 nitrogen and oxygen atoms in total. The molecule has 0 aliphatic carbocycles. The van der Waals surface area contributed by atoms with E-state index in [0.717, 1.165) is 37.7 Å². The first-order chi connectivity index (χ1) is 9.19. The second-order valence-corrected chi connectivity index (χ2v) is 5.09. The highest BCUT2D eigenvalue weighted by molar-refractivity contribution is 5.79.